The smallest absolute Gasteiger partial charge is 0.339 e. The molecule has 20 heavy (non-hydrogen) atoms. The van der Waals surface area contributed by atoms with Gasteiger partial charge in [-0.2, -0.15) is 0 Å². The average molecular weight is 278 g/mol. The van der Waals surface area contributed by atoms with Gasteiger partial charge in [-0.15, -0.1) is 0 Å². The molecule has 0 amide bonds. The lowest BCUT2D eigenvalue weighted by atomic mass is 9.99. The zero-order valence-electron chi connectivity index (χ0n) is 12.1. The second kappa shape index (κ2) is 6.70. The van der Waals surface area contributed by atoms with E-state index in [4.69, 9.17) is 4.74 Å². The van der Waals surface area contributed by atoms with Crippen molar-refractivity contribution in [1.29, 1.82) is 0 Å². The Hall–Kier alpha value is -1.62. The summed E-state index contributed by atoms with van der Waals surface area (Å²) in [5.74, 6) is 0.528. The third kappa shape index (κ3) is 3.10. The first kappa shape index (κ1) is 14.8. The van der Waals surface area contributed by atoms with E-state index in [2.05, 4.69) is 9.88 Å². The van der Waals surface area contributed by atoms with E-state index < -0.39 is 0 Å². The van der Waals surface area contributed by atoms with Crippen LogP contribution in [0.1, 0.15) is 41.7 Å². The fourth-order valence-corrected chi connectivity index (χ4v) is 2.78. The number of hydrogen-bond donors (Lipinski definition) is 1. The summed E-state index contributed by atoms with van der Waals surface area (Å²) in [5.41, 5.74) is 1.19. The molecule has 1 unspecified atom stereocenters. The van der Waals surface area contributed by atoms with Crippen LogP contribution in [0.15, 0.2) is 12.1 Å². The van der Waals surface area contributed by atoms with Gasteiger partial charge in [-0.1, -0.05) is 0 Å². The molecule has 0 aliphatic carbocycles. The van der Waals surface area contributed by atoms with Crippen molar-refractivity contribution in [1.82, 2.24) is 4.98 Å². The number of nitrogens with zero attached hydrogens (tertiary/aromatic N) is 2. The van der Waals surface area contributed by atoms with Gasteiger partial charge in [0.15, 0.2) is 0 Å². The molecular weight excluding hydrogens is 256 g/mol. The number of aliphatic hydroxyl groups excluding tert-OH is 1. The van der Waals surface area contributed by atoms with E-state index in [1.54, 1.807) is 6.07 Å². The van der Waals surface area contributed by atoms with Crippen LogP contribution in [0.5, 0.6) is 0 Å². The highest BCUT2D eigenvalue weighted by Gasteiger charge is 2.24. The molecule has 0 spiro atoms. The number of ether oxygens (including phenoxy) is 1. The molecule has 1 fully saturated rings. The molecular formula is C15H22N2O3. The van der Waals surface area contributed by atoms with Gasteiger partial charge in [-0.05, 0) is 44.7 Å². The van der Waals surface area contributed by atoms with Crippen LogP contribution in [-0.2, 0) is 4.74 Å². The van der Waals surface area contributed by atoms with E-state index in [9.17, 15) is 9.90 Å². The first-order chi connectivity index (χ1) is 9.67. The van der Waals surface area contributed by atoms with Gasteiger partial charge in [0.05, 0.1) is 18.4 Å². The number of aryl methyl sites for hydroxylation is 1. The van der Waals surface area contributed by atoms with Gasteiger partial charge < -0.3 is 14.7 Å². The standard InChI is InChI=1S/C15H22N2O3/c1-11-13(15(19)20-2)6-7-14(16-11)17-9-4-3-5-12(17)8-10-18/h6-7,12,18H,3-5,8-10H2,1-2H3. The number of carbonyl (C=O) groups is 1. The third-order valence-electron chi connectivity index (χ3n) is 3.86. The largest absolute Gasteiger partial charge is 0.465 e. The Labute approximate surface area is 119 Å². The predicted octanol–water partition coefficient (Wildman–Crippen LogP) is 1.92. The number of rotatable bonds is 4. The van der Waals surface area contributed by atoms with E-state index in [0.29, 0.717) is 17.3 Å². The summed E-state index contributed by atoms with van der Waals surface area (Å²) < 4.78 is 4.74. The number of piperidine rings is 1. The Morgan fingerprint density at radius 2 is 2.30 bits per heavy atom. The number of esters is 1. The summed E-state index contributed by atoms with van der Waals surface area (Å²) in [5, 5.41) is 9.18. The van der Waals surface area contributed by atoms with Gasteiger partial charge in [-0.3, -0.25) is 0 Å². The van der Waals surface area contributed by atoms with Crippen LogP contribution < -0.4 is 4.90 Å². The fourth-order valence-electron chi connectivity index (χ4n) is 2.78. The summed E-state index contributed by atoms with van der Waals surface area (Å²) in [6, 6.07) is 3.98. The molecule has 5 heteroatoms. The Balaban J connectivity index is 2.23. The van der Waals surface area contributed by atoms with Crippen LogP contribution in [0.25, 0.3) is 0 Å². The second-order valence-electron chi connectivity index (χ2n) is 5.15. The lowest BCUT2D eigenvalue weighted by Crippen LogP contribution is -2.40. The Morgan fingerprint density at radius 1 is 1.50 bits per heavy atom. The van der Waals surface area contributed by atoms with Gasteiger partial charge >= 0.3 is 5.97 Å². The molecule has 1 atom stereocenters. The van der Waals surface area contributed by atoms with Crippen LogP contribution in [0.4, 0.5) is 5.82 Å². The highest BCUT2D eigenvalue weighted by Crippen LogP contribution is 2.26. The topological polar surface area (TPSA) is 62.7 Å². The number of aliphatic hydroxyl groups is 1. The van der Waals surface area contributed by atoms with Crippen molar-refractivity contribution in [2.45, 2.75) is 38.6 Å². The maximum absolute atomic E-state index is 11.6. The molecule has 0 radical (unpaired) electrons. The lowest BCUT2D eigenvalue weighted by molar-refractivity contribution is 0.0599. The van der Waals surface area contributed by atoms with Gasteiger partial charge in [0.25, 0.3) is 0 Å². The average Bonchev–Trinajstić information content (AvgIpc) is 2.47. The summed E-state index contributed by atoms with van der Waals surface area (Å²) in [4.78, 5) is 18.4. The van der Waals surface area contributed by atoms with E-state index in [1.165, 1.54) is 13.5 Å². The number of pyridine rings is 1. The highest BCUT2D eigenvalue weighted by molar-refractivity contribution is 5.90. The third-order valence-corrected chi connectivity index (χ3v) is 3.86. The number of anilines is 1. The SMILES string of the molecule is COC(=O)c1ccc(N2CCCCC2CCO)nc1C. The van der Waals surface area contributed by atoms with Crippen LogP contribution >= 0.6 is 0 Å². The van der Waals surface area contributed by atoms with E-state index >= 15 is 0 Å². The highest BCUT2D eigenvalue weighted by atomic mass is 16.5. The molecule has 1 aromatic rings. The summed E-state index contributed by atoms with van der Waals surface area (Å²) in [7, 11) is 1.37. The first-order valence-corrected chi connectivity index (χ1v) is 7.11. The molecule has 2 rings (SSSR count). The van der Waals surface area contributed by atoms with Crippen LogP contribution in [0.2, 0.25) is 0 Å². The maximum atomic E-state index is 11.6. The maximum Gasteiger partial charge on any atom is 0.339 e. The Kier molecular flexibility index (Phi) is 4.95. The summed E-state index contributed by atoms with van der Waals surface area (Å²) in [6.07, 6.45) is 4.18. The van der Waals surface area contributed by atoms with E-state index in [-0.39, 0.29) is 12.6 Å². The monoisotopic (exact) mass is 278 g/mol. The summed E-state index contributed by atoms with van der Waals surface area (Å²) >= 11 is 0. The zero-order chi connectivity index (χ0) is 14.5. The number of aromatic nitrogens is 1. The molecule has 1 aromatic heterocycles. The van der Waals surface area contributed by atoms with Crippen molar-refractivity contribution in [2.24, 2.45) is 0 Å². The van der Waals surface area contributed by atoms with Crippen molar-refractivity contribution in [3.63, 3.8) is 0 Å². The number of methoxy groups -OCH3 is 1. The zero-order valence-corrected chi connectivity index (χ0v) is 12.1. The van der Waals surface area contributed by atoms with Crippen molar-refractivity contribution >= 4 is 11.8 Å². The van der Waals surface area contributed by atoms with Crippen LogP contribution in [0.3, 0.4) is 0 Å². The molecule has 0 bridgehead atoms. The van der Waals surface area contributed by atoms with Gasteiger partial charge in [0.2, 0.25) is 0 Å². The fraction of sp³-hybridized carbons (Fsp3) is 0.600. The van der Waals surface area contributed by atoms with E-state index in [1.807, 2.05) is 13.0 Å². The van der Waals surface area contributed by atoms with Crippen molar-refractivity contribution in [2.75, 3.05) is 25.2 Å². The number of hydrogen-bond acceptors (Lipinski definition) is 5. The molecule has 1 aliphatic rings. The quantitative estimate of drug-likeness (QED) is 0.853. The molecule has 1 aliphatic heterocycles. The normalized spacial score (nSPS) is 18.9. The van der Waals surface area contributed by atoms with Crippen molar-refractivity contribution in [3.05, 3.63) is 23.4 Å². The minimum Gasteiger partial charge on any atom is -0.465 e. The Bertz CT molecular complexity index is 474. The van der Waals surface area contributed by atoms with Crippen LogP contribution in [-0.4, -0.2) is 42.4 Å². The van der Waals surface area contributed by atoms with Crippen molar-refractivity contribution in [3.8, 4) is 0 Å². The molecule has 110 valence electrons. The molecule has 5 nitrogen and oxygen atoms in total. The van der Waals surface area contributed by atoms with Gasteiger partial charge in [-0.25, -0.2) is 9.78 Å². The molecule has 0 saturated carbocycles. The minimum absolute atomic E-state index is 0.195. The molecule has 1 saturated heterocycles. The second-order valence-corrected chi connectivity index (χ2v) is 5.15. The minimum atomic E-state index is -0.355. The molecule has 2 heterocycles. The Morgan fingerprint density at radius 3 is 2.95 bits per heavy atom. The van der Waals surface area contributed by atoms with Crippen molar-refractivity contribution < 1.29 is 14.6 Å². The first-order valence-electron chi connectivity index (χ1n) is 7.11. The van der Waals surface area contributed by atoms with Gasteiger partial charge in [0, 0.05) is 19.2 Å². The number of carbonyl (C=O) groups excluding carboxylic acids is 1. The lowest BCUT2D eigenvalue weighted by Gasteiger charge is -2.36. The van der Waals surface area contributed by atoms with E-state index in [0.717, 1.165) is 31.6 Å². The molecule has 0 aromatic carbocycles. The molecule has 1 N–H and O–H groups in total. The van der Waals surface area contributed by atoms with Crippen LogP contribution in [0, 0.1) is 6.92 Å². The predicted molar refractivity (Wildman–Crippen MR) is 77.0 cm³/mol. The van der Waals surface area contributed by atoms with Gasteiger partial charge in [0.1, 0.15) is 5.82 Å². The summed E-state index contributed by atoms with van der Waals surface area (Å²) in [6.45, 7) is 2.97.